The molecule has 1 aliphatic rings. The normalized spacial score (nSPS) is 16.4. The number of para-hydroxylation sites is 2. The monoisotopic (exact) mass is 387 g/mol. The largest absolute Gasteiger partial charge is 0.329 e. The smallest absolute Gasteiger partial charge is 0.251 e. The number of nitrogens with zero attached hydrogens (tertiary/aromatic N) is 3. The number of hydrogen-bond acceptors (Lipinski definition) is 2. The molecule has 0 aliphatic carbocycles. The van der Waals surface area contributed by atoms with Gasteiger partial charge in [-0.25, -0.2) is 4.98 Å². The number of carbonyl (C=O) groups excluding carboxylic acids is 1. The van der Waals surface area contributed by atoms with Crippen molar-refractivity contribution in [3.05, 3.63) is 101 Å². The molecule has 0 radical (unpaired) electrons. The second-order valence-corrected chi connectivity index (χ2v) is 7.46. The van der Waals surface area contributed by atoms with Crippen LogP contribution in [0.15, 0.2) is 78.9 Å². The SMILES string of the molecule is O=C1C(c2ccc(Cl)cc2)n2c(nc3ccccc32)CN1Cc1ccccc1. The third-order valence-electron chi connectivity index (χ3n) is 5.21. The van der Waals surface area contributed by atoms with Crippen LogP contribution in [0.1, 0.15) is 23.0 Å². The molecule has 4 aromatic rings. The van der Waals surface area contributed by atoms with Crippen molar-refractivity contribution in [2.75, 3.05) is 0 Å². The van der Waals surface area contributed by atoms with E-state index in [1.807, 2.05) is 83.8 Å². The Kier molecular flexibility index (Phi) is 4.14. The lowest BCUT2D eigenvalue weighted by Crippen LogP contribution is -2.42. The third kappa shape index (κ3) is 2.86. The standard InChI is InChI=1S/C23H18ClN3O/c24-18-12-10-17(11-13-18)22-23(28)26(14-16-6-2-1-3-7-16)15-21-25-19-8-4-5-9-20(19)27(21)22/h1-13,22H,14-15H2. The van der Waals surface area contributed by atoms with Gasteiger partial charge in [-0.2, -0.15) is 0 Å². The van der Waals surface area contributed by atoms with Crippen LogP contribution in [0.3, 0.4) is 0 Å². The second-order valence-electron chi connectivity index (χ2n) is 7.02. The van der Waals surface area contributed by atoms with Crippen molar-refractivity contribution in [1.82, 2.24) is 14.5 Å². The molecule has 0 saturated heterocycles. The van der Waals surface area contributed by atoms with E-state index in [9.17, 15) is 4.79 Å². The topological polar surface area (TPSA) is 38.1 Å². The molecule has 0 saturated carbocycles. The summed E-state index contributed by atoms with van der Waals surface area (Å²) in [5, 5.41) is 0.656. The molecule has 28 heavy (non-hydrogen) atoms. The quantitative estimate of drug-likeness (QED) is 0.505. The Morgan fingerprint density at radius 3 is 2.43 bits per heavy atom. The summed E-state index contributed by atoms with van der Waals surface area (Å²) in [5.41, 5.74) is 3.91. The van der Waals surface area contributed by atoms with Gasteiger partial charge in [-0.1, -0.05) is 66.2 Å². The predicted octanol–water partition coefficient (Wildman–Crippen LogP) is 4.82. The Balaban J connectivity index is 1.64. The highest BCUT2D eigenvalue weighted by molar-refractivity contribution is 6.30. The Hall–Kier alpha value is -3.11. The van der Waals surface area contributed by atoms with E-state index in [2.05, 4.69) is 4.57 Å². The highest BCUT2D eigenvalue weighted by atomic mass is 35.5. The average Bonchev–Trinajstić information content (AvgIpc) is 3.08. The number of amides is 1. The minimum atomic E-state index is -0.447. The first-order valence-corrected chi connectivity index (χ1v) is 9.62. The summed E-state index contributed by atoms with van der Waals surface area (Å²) < 4.78 is 2.07. The lowest BCUT2D eigenvalue weighted by molar-refractivity contribution is -0.136. The minimum Gasteiger partial charge on any atom is -0.329 e. The second kappa shape index (κ2) is 6.80. The van der Waals surface area contributed by atoms with Crippen molar-refractivity contribution < 1.29 is 4.79 Å². The van der Waals surface area contributed by atoms with Crippen molar-refractivity contribution >= 4 is 28.5 Å². The number of hydrogen-bond donors (Lipinski definition) is 0. The number of benzene rings is 3. The van der Waals surface area contributed by atoms with Crippen molar-refractivity contribution in [2.45, 2.75) is 19.1 Å². The first-order chi connectivity index (χ1) is 13.7. The first kappa shape index (κ1) is 17.0. The van der Waals surface area contributed by atoms with Crippen LogP contribution in [0.4, 0.5) is 0 Å². The summed E-state index contributed by atoms with van der Waals surface area (Å²) in [5.74, 6) is 0.971. The molecule has 0 N–H and O–H groups in total. The van der Waals surface area contributed by atoms with Gasteiger partial charge in [0.15, 0.2) is 0 Å². The van der Waals surface area contributed by atoms with Crippen LogP contribution in [-0.2, 0) is 17.9 Å². The molecule has 1 atom stereocenters. The van der Waals surface area contributed by atoms with Gasteiger partial charge in [0.1, 0.15) is 11.9 Å². The molecule has 1 unspecified atom stereocenters. The number of carbonyl (C=O) groups is 1. The number of imidazole rings is 1. The molecule has 1 aromatic heterocycles. The molecule has 0 bridgehead atoms. The zero-order chi connectivity index (χ0) is 19.1. The minimum absolute atomic E-state index is 0.0711. The molecular weight excluding hydrogens is 370 g/mol. The number of aromatic nitrogens is 2. The van der Waals surface area contributed by atoms with E-state index >= 15 is 0 Å². The van der Waals surface area contributed by atoms with E-state index in [1.165, 1.54) is 0 Å². The highest BCUT2D eigenvalue weighted by Gasteiger charge is 2.36. The molecule has 0 fully saturated rings. The fraction of sp³-hybridized carbons (Fsp3) is 0.130. The number of rotatable bonds is 3. The summed E-state index contributed by atoms with van der Waals surface area (Å²) >= 11 is 6.08. The van der Waals surface area contributed by atoms with Gasteiger partial charge in [0, 0.05) is 11.6 Å². The van der Waals surface area contributed by atoms with Gasteiger partial charge in [0.2, 0.25) is 0 Å². The first-order valence-electron chi connectivity index (χ1n) is 9.25. The maximum atomic E-state index is 13.6. The van der Waals surface area contributed by atoms with E-state index in [0.717, 1.165) is 28.0 Å². The lowest BCUT2D eigenvalue weighted by atomic mass is 10.0. The maximum Gasteiger partial charge on any atom is 0.251 e. The van der Waals surface area contributed by atoms with Crippen LogP contribution in [0, 0.1) is 0 Å². The summed E-state index contributed by atoms with van der Waals surface area (Å²) in [6, 6.07) is 25.1. The Labute approximate surface area is 168 Å². The van der Waals surface area contributed by atoms with E-state index < -0.39 is 6.04 Å². The molecule has 5 heteroatoms. The third-order valence-corrected chi connectivity index (χ3v) is 5.46. The lowest BCUT2D eigenvalue weighted by Gasteiger charge is -2.34. The molecule has 1 amide bonds. The van der Waals surface area contributed by atoms with Gasteiger partial charge >= 0.3 is 0 Å². The predicted molar refractivity (Wildman–Crippen MR) is 110 cm³/mol. The van der Waals surface area contributed by atoms with E-state index in [4.69, 9.17) is 16.6 Å². The Morgan fingerprint density at radius 1 is 0.929 bits per heavy atom. The van der Waals surface area contributed by atoms with Crippen LogP contribution in [-0.4, -0.2) is 20.4 Å². The molecule has 1 aliphatic heterocycles. The van der Waals surface area contributed by atoms with Gasteiger partial charge in [0.25, 0.3) is 5.91 Å². The van der Waals surface area contributed by atoms with Crippen LogP contribution < -0.4 is 0 Å². The highest BCUT2D eigenvalue weighted by Crippen LogP contribution is 2.33. The van der Waals surface area contributed by atoms with Crippen molar-refractivity contribution in [1.29, 1.82) is 0 Å². The molecule has 0 spiro atoms. The van der Waals surface area contributed by atoms with Crippen LogP contribution in [0.2, 0.25) is 5.02 Å². The van der Waals surface area contributed by atoms with Gasteiger partial charge in [-0.15, -0.1) is 0 Å². The summed E-state index contributed by atoms with van der Waals surface area (Å²) in [7, 11) is 0. The molecule has 4 nitrogen and oxygen atoms in total. The summed E-state index contributed by atoms with van der Waals surface area (Å²) in [6.07, 6.45) is 0. The Bertz CT molecular complexity index is 1150. The van der Waals surface area contributed by atoms with Crippen molar-refractivity contribution in [2.24, 2.45) is 0 Å². The fourth-order valence-corrected chi connectivity index (χ4v) is 4.03. The molecular formula is C23H18ClN3O. The van der Waals surface area contributed by atoms with Crippen molar-refractivity contribution in [3.63, 3.8) is 0 Å². The van der Waals surface area contributed by atoms with Gasteiger partial charge < -0.3 is 9.47 Å². The molecule has 138 valence electrons. The zero-order valence-electron chi connectivity index (χ0n) is 15.1. The van der Waals surface area contributed by atoms with Crippen LogP contribution in [0.25, 0.3) is 11.0 Å². The van der Waals surface area contributed by atoms with Crippen LogP contribution in [0.5, 0.6) is 0 Å². The Morgan fingerprint density at radius 2 is 1.64 bits per heavy atom. The van der Waals surface area contributed by atoms with E-state index in [0.29, 0.717) is 18.1 Å². The van der Waals surface area contributed by atoms with Crippen molar-refractivity contribution in [3.8, 4) is 0 Å². The van der Waals surface area contributed by atoms with E-state index in [1.54, 1.807) is 0 Å². The van der Waals surface area contributed by atoms with Gasteiger partial charge in [0.05, 0.1) is 17.6 Å². The van der Waals surface area contributed by atoms with E-state index in [-0.39, 0.29) is 5.91 Å². The molecule has 2 heterocycles. The van der Waals surface area contributed by atoms with Crippen LogP contribution >= 0.6 is 11.6 Å². The summed E-state index contributed by atoms with van der Waals surface area (Å²) in [6.45, 7) is 1.06. The molecule has 5 rings (SSSR count). The molecule has 3 aromatic carbocycles. The number of halogens is 1. The maximum absolute atomic E-state index is 13.6. The average molecular weight is 388 g/mol. The zero-order valence-corrected chi connectivity index (χ0v) is 15.9. The fourth-order valence-electron chi connectivity index (χ4n) is 3.90. The summed E-state index contributed by atoms with van der Waals surface area (Å²) in [4.78, 5) is 20.3. The van der Waals surface area contributed by atoms with Gasteiger partial charge in [-0.3, -0.25) is 4.79 Å². The van der Waals surface area contributed by atoms with Gasteiger partial charge in [-0.05, 0) is 35.4 Å². The number of fused-ring (bicyclic) bond motifs is 3.